The molecule has 0 unspecified atom stereocenters. The second kappa shape index (κ2) is 6.70. The molecule has 0 aliphatic carbocycles. The Morgan fingerprint density at radius 1 is 1.24 bits per heavy atom. The molecule has 2 aromatic rings. The molecule has 1 saturated heterocycles. The van der Waals surface area contributed by atoms with Gasteiger partial charge in [0.25, 0.3) is 0 Å². The van der Waals surface area contributed by atoms with E-state index in [9.17, 15) is 13.2 Å². The lowest BCUT2D eigenvalue weighted by Gasteiger charge is -2.37. The van der Waals surface area contributed by atoms with Crippen LogP contribution in [0, 0.1) is 6.92 Å². The molecular weight excluding hydrogens is 370 g/mol. The van der Waals surface area contributed by atoms with Gasteiger partial charge < -0.3 is 13.9 Å². The van der Waals surface area contributed by atoms with Crippen molar-refractivity contribution in [3.63, 3.8) is 0 Å². The molecule has 0 atom stereocenters. The van der Waals surface area contributed by atoms with Gasteiger partial charge in [-0.05, 0) is 25.1 Å². The fourth-order valence-electron chi connectivity index (χ4n) is 2.46. The normalized spacial score (nSPS) is 15.6. The average molecular weight is 386 g/mol. The zero-order chi connectivity index (χ0) is 18.2. The molecule has 1 aromatic carbocycles. The molecule has 0 spiro atoms. The first-order chi connectivity index (χ1) is 11.8. The van der Waals surface area contributed by atoms with Crippen LogP contribution in [0.1, 0.15) is 5.76 Å². The largest absolute Gasteiger partial charge is 0.495 e. The highest BCUT2D eigenvalue weighted by Gasteiger charge is 2.38. The van der Waals surface area contributed by atoms with Gasteiger partial charge in [-0.15, -0.1) is 0 Å². The third kappa shape index (κ3) is 3.65. The van der Waals surface area contributed by atoms with Crippen molar-refractivity contribution in [3.05, 3.63) is 51.5 Å². The Labute approximate surface area is 149 Å². The standard InChI is InChI=1S/C16H16ClNO6S/c1-10-5-11(6-16(19)23-10)24-12-8-18(9-12)25(20,21)13-3-4-15(22-2)14(17)7-13/h3-7,12H,8-9H2,1-2H3. The van der Waals surface area contributed by atoms with E-state index in [0.717, 1.165) is 0 Å². The van der Waals surface area contributed by atoms with Crippen molar-refractivity contribution < 1.29 is 22.3 Å². The third-order valence-corrected chi connectivity index (χ3v) is 5.87. The van der Waals surface area contributed by atoms with E-state index >= 15 is 0 Å². The first-order valence-corrected chi connectivity index (χ1v) is 9.23. The summed E-state index contributed by atoms with van der Waals surface area (Å²) in [4.78, 5) is 11.4. The maximum atomic E-state index is 12.6. The van der Waals surface area contributed by atoms with E-state index in [-0.39, 0.29) is 29.1 Å². The molecule has 1 aliphatic heterocycles. The number of nitrogens with zero attached hydrogens (tertiary/aromatic N) is 1. The molecule has 0 radical (unpaired) electrons. The Morgan fingerprint density at radius 3 is 2.56 bits per heavy atom. The van der Waals surface area contributed by atoms with Crippen molar-refractivity contribution in [3.8, 4) is 11.5 Å². The minimum Gasteiger partial charge on any atom is -0.495 e. The Bertz CT molecular complexity index is 949. The third-order valence-electron chi connectivity index (χ3n) is 3.75. The molecule has 1 aromatic heterocycles. The van der Waals surface area contributed by atoms with Crippen LogP contribution < -0.4 is 15.1 Å². The van der Waals surface area contributed by atoms with Crippen molar-refractivity contribution >= 4 is 21.6 Å². The molecule has 1 aliphatic rings. The van der Waals surface area contributed by atoms with E-state index < -0.39 is 15.6 Å². The molecule has 0 N–H and O–H groups in total. The van der Waals surface area contributed by atoms with Gasteiger partial charge in [-0.2, -0.15) is 4.31 Å². The van der Waals surface area contributed by atoms with Gasteiger partial charge in [0.05, 0.1) is 36.2 Å². The minimum absolute atomic E-state index is 0.0907. The number of methoxy groups -OCH3 is 1. The number of ether oxygens (including phenoxy) is 2. The van der Waals surface area contributed by atoms with E-state index in [1.165, 1.54) is 35.7 Å². The predicted octanol–water partition coefficient (Wildman–Crippen LogP) is 2.06. The van der Waals surface area contributed by atoms with Crippen molar-refractivity contribution in [2.24, 2.45) is 0 Å². The Balaban J connectivity index is 1.68. The number of benzene rings is 1. The van der Waals surface area contributed by atoms with Crippen LogP contribution in [0.25, 0.3) is 0 Å². The lowest BCUT2D eigenvalue weighted by molar-refractivity contribution is 0.0754. The van der Waals surface area contributed by atoms with Crippen molar-refractivity contribution in [2.45, 2.75) is 17.9 Å². The summed E-state index contributed by atoms with van der Waals surface area (Å²) in [7, 11) is -2.20. The van der Waals surface area contributed by atoms with Gasteiger partial charge in [0.2, 0.25) is 10.0 Å². The number of rotatable bonds is 5. The first kappa shape index (κ1) is 17.8. The van der Waals surface area contributed by atoms with Gasteiger partial charge in [-0.25, -0.2) is 13.2 Å². The van der Waals surface area contributed by atoms with Gasteiger partial charge in [0.15, 0.2) is 0 Å². The lowest BCUT2D eigenvalue weighted by atomic mass is 10.2. The summed E-state index contributed by atoms with van der Waals surface area (Å²) in [6.45, 7) is 2.01. The van der Waals surface area contributed by atoms with E-state index in [2.05, 4.69) is 0 Å². The maximum absolute atomic E-state index is 12.6. The molecule has 134 valence electrons. The van der Waals surface area contributed by atoms with Crippen LogP contribution in [0.2, 0.25) is 5.02 Å². The van der Waals surface area contributed by atoms with Gasteiger partial charge in [-0.1, -0.05) is 11.6 Å². The molecule has 7 nitrogen and oxygen atoms in total. The van der Waals surface area contributed by atoms with Gasteiger partial charge >= 0.3 is 5.63 Å². The predicted molar refractivity (Wildman–Crippen MR) is 90.9 cm³/mol. The van der Waals surface area contributed by atoms with Gasteiger partial charge in [-0.3, -0.25) is 0 Å². The van der Waals surface area contributed by atoms with E-state index in [1.54, 1.807) is 13.0 Å². The summed E-state index contributed by atoms with van der Waals surface area (Å²) in [6.07, 6.45) is -0.329. The zero-order valence-electron chi connectivity index (χ0n) is 13.6. The van der Waals surface area contributed by atoms with Crippen LogP contribution in [0.3, 0.4) is 0 Å². The molecule has 0 bridgehead atoms. The molecule has 2 heterocycles. The van der Waals surface area contributed by atoms with Crippen molar-refractivity contribution in [2.75, 3.05) is 20.2 Å². The smallest absolute Gasteiger partial charge is 0.339 e. The van der Waals surface area contributed by atoms with E-state index in [4.69, 9.17) is 25.5 Å². The summed E-state index contributed by atoms with van der Waals surface area (Å²) < 4.78 is 41.9. The second-order valence-corrected chi connectivity index (χ2v) is 7.93. The fourth-order valence-corrected chi connectivity index (χ4v) is 4.32. The summed E-state index contributed by atoms with van der Waals surface area (Å²) in [5.74, 6) is 1.20. The zero-order valence-corrected chi connectivity index (χ0v) is 15.1. The van der Waals surface area contributed by atoms with Crippen molar-refractivity contribution in [1.82, 2.24) is 4.31 Å². The Morgan fingerprint density at radius 2 is 1.96 bits per heavy atom. The second-order valence-electron chi connectivity index (χ2n) is 5.58. The Kier molecular flexibility index (Phi) is 4.77. The molecular formula is C16H16ClNO6S. The van der Waals surface area contributed by atoms with Crippen LogP contribution in [0.5, 0.6) is 11.5 Å². The molecule has 0 saturated carbocycles. The molecule has 25 heavy (non-hydrogen) atoms. The van der Waals surface area contributed by atoms with Crippen LogP contribution in [-0.2, 0) is 10.0 Å². The molecule has 0 amide bonds. The van der Waals surface area contributed by atoms with Gasteiger partial charge in [0, 0.05) is 6.07 Å². The first-order valence-electron chi connectivity index (χ1n) is 7.42. The average Bonchev–Trinajstić information content (AvgIpc) is 2.49. The number of halogens is 1. The summed E-state index contributed by atoms with van der Waals surface area (Å²) in [6, 6.07) is 7.12. The van der Waals surface area contributed by atoms with Crippen LogP contribution in [0.4, 0.5) is 0 Å². The molecule has 1 fully saturated rings. The van der Waals surface area contributed by atoms with Crippen LogP contribution in [-0.4, -0.2) is 39.0 Å². The highest BCUT2D eigenvalue weighted by molar-refractivity contribution is 7.89. The Hall–Kier alpha value is -2.03. The molecule has 9 heteroatoms. The summed E-state index contributed by atoms with van der Waals surface area (Å²) in [5, 5.41) is 0.225. The van der Waals surface area contributed by atoms with E-state index in [1.807, 2.05) is 0 Å². The van der Waals surface area contributed by atoms with Crippen LogP contribution in [0.15, 0.2) is 44.4 Å². The number of hydrogen-bond donors (Lipinski definition) is 0. The minimum atomic E-state index is -3.66. The fraction of sp³-hybridized carbons (Fsp3) is 0.312. The topological polar surface area (TPSA) is 86.1 Å². The molecule has 3 rings (SSSR count). The van der Waals surface area contributed by atoms with Gasteiger partial charge in [0.1, 0.15) is 23.4 Å². The highest BCUT2D eigenvalue weighted by atomic mass is 35.5. The quantitative estimate of drug-likeness (QED) is 0.783. The summed E-state index contributed by atoms with van der Waals surface area (Å²) in [5.41, 5.74) is -0.508. The summed E-state index contributed by atoms with van der Waals surface area (Å²) >= 11 is 6.00. The number of hydrogen-bond acceptors (Lipinski definition) is 6. The lowest BCUT2D eigenvalue weighted by Crippen LogP contribution is -2.56. The number of aryl methyl sites for hydroxylation is 1. The maximum Gasteiger partial charge on any atom is 0.339 e. The van der Waals surface area contributed by atoms with Crippen molar-refractivity contribution in [1.29, 1.82) is 0 Å². The monoisotopic (exact) mass is 385 g/mol. The highest BCUT2D eigenvalue weighted by Crippen LogP contribution is 2.30. The van der Waals surface area contributed by atoms with Crippen LogP contribution >= 0.6 is 11.6 Å². The SMILES string of the molecule is COc1ccc(S(=O)(=O)N2CC(Oc3cc(C)oc(=O)c3)C2)cc1Cl. The van der Waals surface area contributed by atoms with E-state index in [0.29, 0.717) is 17.3 Å². The number of sulfonamides is 1.